The van der Waals surface area contributed by atoms with Crippen LogP contribution in [-0.2, 0) is 16.0 Å². The molecular formula is C20H19NO3. The third-order valence-corrected chi connectivity index (χ3v) is 4.95. The fourth-order valence-corrected chi connectivity index (χ4v) is 3.94. The maximum absolute atomic E-state index is 13.1. The van der Waals surface area contributed by atoms with E-state index in [1.165, 1.54) is 5.56 Å². The van der Waals surface area contributed by atoms with E-state index in [0.717, 1.165) is 24.2 Å². The van der Waals surface area contributed by atoms with Crippen LogP contribution in [0.3, 0.4) is 0 Å². The standard InChI is InChI=1S/C20H19NO3/c1-2-24-20(23)17-18-14-8-4-3-7-13(14)11-12-21(18)16-10-6-5-9-15(16)19(17)22/h3-10,17-18H,2,11-12H2,1H3. The number of Topliss-reactive ketones (excluding diaryl/α,β-unsaturated/α-hetero) is 1. The molecule has 0 saturated heterocycles. The van der Waals surface area contributed by atoms with Crippen molar-refractivity contribution < 1.29 is 14.3 Å². The predicted octanol–water partition coefficient (Wildman–Crippen LogP) is 3.17. The molecule has 2 aliphatic heterocycles. The summed E-state index contributed by atoms with van der Waals surface area (Å²) in [5, 5.41) is 0. The van der Waals surface area contributed by atoms with Gasteiger partial charge in [0.25, 0.3) is 0 Å². The van der Waals surface area contributed by atoms with E-state index in [9.17, 15) is 9.59 Å². The van der Waals surface area contributed by atoms with Crippen LogP contribution in [0, 0.1) is 5.92 Å². The Morgan fingerprint density at radius 3 is 2.75 bits per heavy atom. The lowest BCUT2D eigenvalue weighted by molar-refractivity contribution is -0.147. The number of benzene rings is 2. The number of ketones is 1. The maximum atomic E-state index is 13.1. The van der Waals surface area contributed by atoms with Crippen molar-refractivity contribution in [1.82, 2.24) is 0 Å². The first-order chi connectivity index (χ1) is 11.7. The monoisotopic (exact) mass is 321 g/mol. The van der Waals surface area contributed by atoms with Crippen LogP contribution in [0.5, 0.6) is 0 Å². The van der Waals surface area contributed by atoms with Crippen molar-refractivity contribution in [1.29, 1.82) is 0 Å². The van der Waals surface area contributed by atoms with Crippen LogP contribution in [-0.4, -0.2) is 24.9 Å². The second kappa shape index (κ2) is 5.78. The summed E-state index contributed by atoms with van der Waals surface area (Å²) in [6, 6.07) is 15.4. The van der Waals surface area contributed by atoms with Crippen LogP contribution in [0.2, 0.25) is 0 Å². The molecule has 2 aromatic rings. The highest BCUT2D eigenvalue weighted by Gasteiger charge is 2.47. The molecule has 2 aliphatic rings. The number of hydrogen-bond acceptors (Lipinski definition) is 4. The van der Waals surface area contributed by atoms with E-state index in [0.29, 0.717) is 5.56 Å². The number of ether oxygens (including phenoxy) is 1. The number of carbonyl (C=O) groups excluding carboxylic acids is 2. The Kier molecular flexibility index (Phi) is 3.60. The largest absolute Gasteiger partial charge is 0.465 e. The number of fused-ring (bicyclic) bond motifs is 5. The molecule has 0 spiro atoms. The molecule has 2 unspecified atom stereocenters. The third-order valence-electron chi connectivity index (χ3n) is 4.95. The quantitative estimate of drug-likeness (QED) is 0.630. The van der Waals surface area contributed by atoms with E-state index in [-0.39, 0.29) is 18.4 Å². The van der Waals surface area contributed by atoms with Crippen molar-refractivity contribution in [3.05, 3.63) is 65.2 Å². The summed E-state index contributed by atoms with van der Waals surface area (Å²) in [5.74, 6) is -1.37. The maximum Gasteiger partial charge on any atom is 0.319 e. The minimum atomic E-state index is -0.804. The first-order valence-electron chi connectivity index (χ1n) is 8.36. The molecule has 4 nitrogen and oxygen atoms in total. The summed E-state index contributed by atoms with van der Waals surface area (Å²) in [6.07, 6.45) is 0.907. The van der Waals surface area contributed by atoms with Crippen molar-refractivity contribution >= 4 is 17.4 Å². The highest BCUT2D eigenvalue weighted by molar-refractivity contribution is 6.14. The Morgan fingerprint density at radius 1 is 1.17 bits per heavy atom. The van der Waals surface area contributed by atoms with E-state index >= 15 is 0 Å². The summed E-state index contributed by atoms with van der Waals surface area (Å²) in [5.41, 5.74) is 3.80. The molecule has 2 atom stereocenters. The molecule has 0 bridgehead atoms. The van der Waals surface area contributed by atoms with Crippen LogP contribution >= 0.6 is 0 Å². The fraction of sp³-hybridized carbons (Fsp3) is 0.300. The molecule has 0 aromatic heterocycles. The van der Waals surface area contributed by atoms with Gasteiger partial charge in [0, 0.05) is 17.8 Å². The van der Waals surface area contributed by atoms with Crippen LogP contribution in [0.15, 0.2) is 48.5 Å². The number of para-hydroxylation sites is 1. The van der Waals surface area contributed by atoms with Gasteiger partial charge >= 0.3 is 5.97 Å². The lowest BCUT2D eigenvalue weighted by Crippen LogP contribution is -2.49. The predicted molar refractivity (Wildman–Crippen MR) is 91.1 cm³/mol. The molecule has 4 rings (SSSR count). The number of nitrogens with zero attached hydrogens (tertiary/aromatic N) is 1. The molecule has 0 N–H and O–H groups in total. The van der Waals surface area contributed by atoms with E-state index in [4.69, 9.17) is 4.74 Å². The number of esters is 1. The van der Waals surface area contributed by atoms with E-state index in [1.54, 1.807) is 13.0 Å². The number of hydrogen-bond donors (Lipinski definition) is 0. The van der Waals surface area contributed by atoms with Gasteiger partial charge < -0.3 is 9.64 Å². The van der Waals surface area contributed by atoms with E-state index < -0.39 is 11.9 Å². The zero-order valence-electron chi connectivity index (χ0n) is 13.6. The van der Waals surface area contributed by atoms with Gasteiger partial charge in [-0.15, -0.1) is 0 Å². The number of rotatable bonds is 2. The highest BCUT2D eigenvalue weighted by Crippen LogP contribution is 2.45. The molecule has 2 aromatic carbocycles. The Morgan fingerprint density at radius 2 is 1.92 bits per heavy atom. The van der Waals surface area contributed by atoms with Gasteiger partial charge in [-0.1, -0.05) is 36.4 Å². The molecule has 0 saturated carbocycles. The summed E-state index contributed by atoms with van der Waals surface area (Å²) in [6.45, 7) is 2.84. The van der Waals surface area contributed by atoms with Crippen molar-refractivity contribution in [3.63, 3.8) is 0 Å². The molecule has 0 amide bonds. The summed E-state index contributed by atoms with van der Waals surface area (Å²) in [7, 11) is 0. The van der Waals surface area contributed by atoms with Crippen molar-refractivity contribution in [3.8, 4) is 0 Å². The normalized spacial score (nSPS) is 21.5. The average molecular weight is 321 g/mol. The van der Waals surface area contributed by atoms with Gasteiger partial charge in [-0.3, -0.25) is 9.59 Å². The number of anilines is 1. The molecule has 0 fully saturated rings. The van der Waals surface area contributed by atoms with Gasteiger partial charge in [-0.2, -0.15) is 0 Å². The molecule has 4 heteroatoms. The SMILES string of the molecule is CCOC(=O)C1C(=O)c2ccccc2N2CCc3ccccc3C12. The topological polar surface area (TPSA) is 46.6 Å². The Bertz CT molecular complexity index is 814. The Labute approximate surface area is 141 Å². The minimum absolute atomic E-state index is 0.137. The molecule has 2 heterocycles. The zero-order chi connectivity index (χ0) is 16.7. The van der Waals surface area contributed by atoms with Crippen LogP contribution in [0.25, 0.3) is 0 Å². The summed E-state index contributed by atoms with van der Waals surface area (Å²) < 4.78 is 5.24. The molecule has 0 aliphatic carbocycles. The van der Waals surface area contributed by atoms with Crippen molar-refractivity contribution in [2.24, 2.45) is 5.92 Å². The molecule has 122 valence electrons. The smallest absolute Gasteiger partial charge is 0.319 e. The highest BCUT2D eigenvalue weighted by atomic mass is 16.5. The Hall–Kier alpha value is -2.62. The Balaban J connectivity index is 1.90. The van der Waals surface area contributed by atoms with Crippen molar-refractivity contribution in [2.75, 3.05) is 18.1 Å². The van der Waals surface area contributed by atoms with Gasteiger partial charge in [0.1, 0.15) is 5.92 Å². The molecule has 24 heavy (non-hydrogen) atoms. The second-order valence-electron chi connectivity index (χ2n) is 6.20. The lowest BCUT2D eigenvalue weighted by atomic mass is 9.77. The van der Waals surface area contributed by atoms with Crippen molar-refractivity contribution in [2.45, 2.75) is 19.4 Å². The number of carbonyl (C=O) groups is 2. The molecular weight excluding hydrogens is 302 g/mol. The first kappa shape index (κ1) is 14.9. The van der Waals surface area contributed by atoms with Gasteiger partial charge in [0.15, 0.2) is 5.78 Å². The lowest BCUT2D eigenvalue weighted by Gasteiger charge is -2.45. The van der Waals surface area contributed by atoms with Gasteiger partial charge in [-0.05, 0) is 36.6 Å². The summed E-state index contributed by atoms with van der Waals surface area (Å²) in [4.78, 5) is 27.9. The van der Waals surface area contributed by atoms with Crippen LogP contribution in [0.1, 0.15) is 34.5 Å². The van der Waals surface area contributed by atoms with Crippen LogP contribution in [0.4, 0.5) is 5.69 Å². The van der Waals surface area contributed by atoms with Gasteiger partial charge in [0.2, 0.25) is 0 Å². The molecule has 0 radical (unpaired) electrons. The zero-order valence-corrected chi connectivity index (χ0v) is 13.6. The average Bonchev–Trinajstić information content (AvgIpc) is 2.62. The van der Waals surface area contributed by atoms with Gasteiger partial charge in [-0.25, -0.2) is 0 Å². The fourth-order valence-electron chi connectivity index (χ4n) is 3.94. The second-order valence-corrected chi connectivity index (χ2v) is 6.20. The minimum Gasteiger partial charge on any atom is -0.465 e. The van der Waals surface area contributed by atoms with Gasteiger partial charge in [0.05, 0.1) is 12.6 Å². The summed E-state index contributed by atoms with van der Waals surface area (Å²) >= 11 is 0. The first-order valence-corrected chi connectivity index (χ1v) is 8.36. The van der Waals surface area contributed by atoms with Crippen LogP contribution < -0.4 is 4.90 Å². The third kappa shape index (κ3) is 2.13. The van der Waals surface area contributed by atoms with E-state index in [1.807, 2.05) is 36.4 Å². The van der Waals surface area contributed by atoms with E-state index in [2.05, 4.69) is 11.0 Å².